The number of hydrogen-bond donors (Lipinski definition) is 3. The number of nitrogens with zero attached hydrogens (tertiary/aromatic N) is 7. The van der Waals surface area contributed by atoms with Gasteiger partial charge in [0.1, 0.15) is 42.4 Å². The minimum absolute atomic E-state index is 0.000542. The van der Waals surface area contributed by atoms with Crippen molar-refractivity contribution in [3.05, 3.63) is 77.2 Å². The van der Waals surface area contributed by atoms with Crippen molar-refractivity contribution < 1.29 is 59.2 Å². The highest BCUT2D eigenvalue weighted by molar-refractivity contribution is 8.07. The van der Waals surface area contributed by atoms with E-state index in [1.165, 1.54) is 17.2 Å². The van der Waals surface area contributed by atoms with Crippen LogP contribution in [0.25, 0.3) is 22.2 Å². The van der Waals surface area contributed by atoms with Gasteiger partial charge in [-0.05, 0) is 46.1 Å². The van der Waals surface area contributed by atoms with Gasteiger partial charge in [0, 0.05) is 22.2 Å². The number of imidazole rings is 1. The van der Waals surface area contributed by atoms with Gasteiger partial charge in [-0.1, -0.05) is 80.5 Å². The lowest BCUT2D eigenvalue weighted by Gasteiger charge is -2.51. The number of nitrogens with one attached hydrogen (secondary N) is 2. The van der Waals surface area contributed by atoms with Gasteiger partial charge in [-0.2, -0.15) is 5.26 Å². The van der Waals surface area contributed by atoms with Gasteiger partial charge in [0.15, 0.2) is 40.8 Å². The molecule has 3 aliphatic heterocycles. The Balaban J connectivity index is 1.15. The Labute approximate surface area is 422 Å². The zero-order valence-electron chi connectivity index (χ0n) is 41.1. The van der Waals surface area contributed by atoms with Crippen LogP contribution in [0.15, 0.2) is 60.3 Å². The van der Waals surface area contributed by atoms with Crippen LogP contribution in [-0.4, -0.2) is 112 Å². The second kappa shape index (κ2) is 22.0. The second-order valence-electron chi connectivity index (χ2n) is 19.1. The Morgan fingerprint density at radius 2 is 1.71 bits per heavy atom. The van der Waals surface area contributed by atoms with Crippen LogP contribution in [0.1, 0.15) is 91.5 Å². The van der Waals surface area contributed by atoms with E-state index in [-0.39, 0.29) is 69.8 Å². The lowest BCUT2D eigenvalue weighted by Crippen LogP contribution is -2.65. The summed E-state index contributed by atoms with van der Waals surface area (Å²) in [5.41, 5.74) is -0.117. The number of benzene rings is 1. The molecule has 28 heteroatoms. The van der Waals surface area contributed by atoms with E-state index in [0.29, 0.717) is 5.56 Å². The highest BCUT2D eigenvalue weighted by atomic mass is 32.5. The molecule has 1 aromatic carbocycles. The summed E-state index contributed by atoms with van der Waals surface area (Å²) in [6.07, 6.45) is -2.79. The largest absolute Gasteiger partial charge is 0.695 e. The first-order chi connectivity index (χ1) is 34.2. The van der Waals surface area contributed by atoms with Crippen LogP contribution < -0.4 is 10.9 Å². The number of fused-ring (bicyclic) bond motifs is 3. The number of nitriles is 1. The molecule has 0 spiro atoms. The van der Waals surface area contributed by atoms with Crippen molar-refractivity contribution in [2.75, 3.05) is 25.1 Å². The number of halogens is 1. The summed E-state index contributed by atoms with van der Waals surface area (Å²) in [6.45, 7) is 13.4. The van der Waals surface area contributed by atoms with Gasteiger partial charge >= 0.3 is 32.1 Å². The highest BCUT2D eigenvalue weighted by Gasteiger charge is 2.63. The maximum absolute atomic E-state index is 15.9. The molecular formula is C44H59FN9O13P2SSi2+. The molecule has 3 unspecified atom stereocenters. The molecule has 3 fully saturated rings. The van der Waals surface area contributed by atoms with Crippen LogP contribution in [0.4, 0.5) is 10.2 Å². The molecule has 388 valence electrons. The molecule has 22 nitrogen and oxygen atoms in total. The fraction of sp³-hybridized carbons (Fsp3) is 0.568. The number of rotatable bonds is 18. The summed E-state index contributed by atoms with van der Waals surface area (Å²) in [7, 11) is -9.68. The summed E-state index contributed by atoms with van der Waals surface area (Å²) >= 11 is 6.20. The Kier molecular flexibility index (Phi) is 16.5. The molecule has 1 amide bonds. The summed E-state index contributed by atoms with van der Waals surface area (Å²) < 4.78 is 91.8. The van der Waals surface area contributed by atoms with Gasteiger partial charge in [-0.25, -0.2) is 24.3 Å². The second-order valence-corrected chi connectivity index (χ2v) is 31.6. The number of anilines is 1. The third-order valence-corrected chi connectivity index (χ3v) is 26.4. The van der Waals surface area contributed by atoms with Crippen LogP contribution in [0, 0.1) is 23.1 Å². The van der Waals surface area contributed by atoms with Crippen LogP contribution in [0.5, 0.6) is 0 Å². The molecule has 0 bridgehead atoms. The van der Waals surface area contributed by atoms with Crippen molar-refractivity contribution in [3.63, 3.8) is 0 Å². The molecule has 72 heavy (non-hydrogen) atoms. The number of carbonyl (C=O) groups excluding carboxylic acids is 1. The molecule has 3 aliphatic rings. The molecule has 0 saturated carbocycles. The van der Waals surface area contributed by atoms with E-state index in [2.05, 4.69) is 57.9 Å². The fourth-order valence-electron chi connectivity index (χ4n) is 9.82. The van der Waals surface area contributed by atoms with E-state index in [1.54, 1.807) is 41.8 Å². The predicted octanol–water partition coefficient (Wildman–Crippen LogP) is 7.93. The smallest absolute Gasteiger partial charge is 0.414 e. The number of aromatic nitrogens is 7. The summed E-state index contributed by atoms with van der Waals surface area (Å²) in [6, 6.07) is 10.6. The molecule has 7 heterocycles. The average molecular weight is 1090 g/mol. The van der Waals surface area contributed by atoms with Crippen molar-refractivity contribution in [2.24, 2.45) is 5.92 Å². The number of hydrogen-bond acceptors (Lipinski definition) is 18. The molecule has 5 aromatic rings. The zero-order chi connectivity index (χ0) is 51.9. The Hall–Kier alpha value is -4.14. The van der Waals surface area contributed by atoms with Gasteiger partial charge in [-0.3, -0.25) is 18.7 Å². The highest BCUT2D eigenvalue weighted by Crippen LogP contribution is 2.57. The number of amides is 1. The first kappa shape index (κ1) is 54.1. The van der Waals surface area contributed by atoms with Gasteiger partial charge < -0.3 is 46.4 Å². The van der Waals surface area contributed by atoms with Crippen molar-refractivity contribution in [1.82, 2.24) is 34.1 Å². The lowest BCUT2D eigenvalue weighted by atomic mass is 10.0. The van der Waals surface area contributed by atoms with Crippen molar-refractivity contribution in [2.45, 2.75) is 134 Å². The first-order valence-corrected chi connectivity index (χ1v) is 31.2. The van der Waals surface area contributed by atoms with Crippen LogP contribution in [0.2, 0.25) is 22.2 Å². The van der Waals surface area contributed by atoms with Gasteiger partial charge in [0.05, 0.1) is 45.0 Å². The molecule has 3 N–H and O–H groups in total. The van der Waals surface area contributed by atoms with Gasteiger partial charge in [-0.15, -0.1) is 9.42 Å². The van der Waals surface area contributed by atoms with Crippen LogP contribution in [-0.2, 0) is 56.9 Å². The average Bonchev–Trinajstić information content (AvgIpc) is 4.08. The van der Waals surface area contributed by atoms with Crippen LogP contribution >= 0.6 is 15.0 Å². The Morgan fingerprint density at radius 3 is 2.38 bits per heavy atom. The quantitative estimate of drug-likeness (QED) is 0.0427. The predicted molar refractivity (Wildman–Crippen MR) is 267 cm³/mol. The minimum atomic E-state index is -4.13. The maximum Gasteiger partial charge on any atom is 0.695 e. The standard InChI is InChI=1S/C44H58FN9O13P2SSi2/c1-24(2)71(25(3)4)61-20-32-36(66-72(67-71,26(5)6)27(7)8)37(44(63-32)53-18-30(45)33-39(53)48-22-50-42(33)56)65-69(70,59-17-13-16-46)60-19-31-35(64-68(57)58)28(9)43(62-31)54-23-51-34-38(47-21-49-40(34)54)52-41(55)29-14-11-10-12-15-29/h10-12,14-15,18,21-28,31-32,35-37,43-44H,13,17,19-20H2,1-9H3,(H2-,47,48,49,50,52,55,56,57,58)/p+1/t28-,31-,32-,35+,36-,37-,43?,44-,69?/m1/s1. The van der Waals surface area contributed by atoms with Crippen molar-refractivity contribution in [1.29, 1.82) is 5.26 Å². The molecule has 10 atom stereocenters. The number of ether oxygens (including phenoxy) is 2. The van der Waals surface area contributed by atoms with E-state index in [1.807, 2.05) is 33.8 Å². The third kappa shape index (κ3) is 10.4. The monoisotopic (exact) mass is 1090 g/mol. The lowest BCUT2D eigenvalue weighted by molar-refractivity contribution is -0.0583. The molecular weight excluding hydrogens is 1030 g/mol. The van der Waals surface area contributed by atoms with Crippen molar-refractivity contribution >= 4 is 77.8 Å². The third-order valence-electron chi connectivity index (χ3n) is 13.3. The van der Waals surface area contributed by atoms with Crippen molar-refractivity contribution in [3.8, 4) is 6.07 Å². The summed E-state index contributed by atoms with van der Waals surface area (Å²) in [4.78, 5) is 56.2. The van der Waals surface area contributed by atoms with Gasteiger partial charge in [0.25, 0.3) is 11.5 Å². The number of H-pyrrole nitrogens is 1. The SMILES string of the molecule is CC(C)[Si]1(C(C)C)OC[C@H]2O[C@@H](n3cc(F)c4c(=O)[nH]cnc43)[C@H](OP(=S)(OCCC#N)OC[C@H]3OC(n4cnc5c(NC(=O)c6ccccc6)ncnc54)[C@H](C)[C@@H]3O[P+](=O)O)[C@@H]2O[Si](C(C)C)(C(C)C)O1. The normalized spacial score (nSPS) is 26.2. The van der Waals surface area contributed by atoms with E-state index < -0.39 is 105 Å². The topological polar surface area (TPSA) is 268 Å². The van der Waals surface area contributed by atoms with Gasteiger partial charge in [0.2, 0.25) is 0 Å². The molecule has 4 aromatic heterocycles. The summed E-state index contributed by atoms with van der Waals surface area (Å²) in [5, 5.41) is 12.1. The van der Waals surface area contributed by atoms with E-state index in [4.69, 9.17) is 52.3 Å². The van der Waals surface area contributed by atoms with Crippen LogP contribution in [0.3, 0.4) is 0 Å². The van der Waals surface area contributed by atoms with E-state index in [0.717, 1.165) is 12.5 Å². The molecule has 0 radical (unpaired) electrons. The molecule has 3 saturated heterocycles. The fourth-order valence-corrected chi connectivity index (χ4v) is 23.6. The summed E-state index contributed by atoms with van der Waals surface area (Å²) in [5.74, 6) is -1.81. The Bertz CT molecular complexity index is 2910. The Morgan fingerprint density at radius 1 is 1.00 bits per heavy atom. The molecule has 8 rings (SSSR count). The maximum atomic E-state index is 15.9. The first-order valence-electron chi connectivity index (χ1n) is 23.6. The zero-order valence-corrected chi connectivity index (χ0v) is 45.7. The minimum Gasteiger partial charge on any atom is -0.414 e. The molecule has 0 aliphatic carbocycles. The number of carbonyl (C=O) groups is 1. The van der Waals surface area contributed by atoms with E-state index in [9.17, 15) is 24.3 Å². The van der Waals surface area contributed by atoms with E-state index >= 15 is 4.39 Å². The number of aromatic amines is 1.